The lowest BCUT2D eigenvalue weighted by Crippen LogP contribution is -2.37. The topological polar surface area (TPSA) is 80.2 Å². The van der Waals surface area contributed by atoms with Gasteiger partial charge in [-0.05, 0) is 0 Å². The third-order valence-corrected chi connectivity index (χ3v) is 2.14. The number of anilines is 2. The number of ether oxygens (including phenoxy) is 1. The van der Waals surface area contributed by atoms with Crippen LogP contribution in [0.1, 0.15) is 6.92 Å². The molecule has 0 aromatic carbocycles. The van der Waals surface area contributed by atoms with Crippen molar-refractivity contribution in [1.82, 2.24) is 15.0 Å². The molecule has 86 valence electrons. The molecule has 1 aliphatic rings. The fraction of sp³-hybridized carbons (Fsp3) is 0.556. The van der Waals surface area contributed by atoms with Gasteiger partial charge in [0.05, 0.1) is 13.2 Å². The average Bonchev–Trinajstić information content (AvgIpc) is 2.30. The molecule has 0 spiro atoms. The van der Waals surface area contributed by atoms with E-state index in [-0.39, 0.29) is 11.9 Å². The van der Waals surface area contributed by atoms with E-state index in [1.807, 2.05) is 4.90 Å². The van der Waals surface area contributed by atoms with Crippen molar-refractivity contribution in [3.63, 3.8) is 0 Å². The monoisotopic (exact) mass is 223 g/mol. The molecule has 1 fully saturated rings. The van der Waals surface area contributed by atoms with E-state index >= 15 is 0 Å². The molecule has 0 unspecified atom stereocenters. The lowest BCUT2D eigenvalue weighted by atomic mass is 10.4. The number of amides is 1. The molecule has 1 aromatic heterocycles. The van der Waals surface area contributed by atoms with Gasteiger partial charge in [-0.3, -0.25) is 10.1 Å². The first kappa shape index (κ1) is 10.7. The van der Waals surface area contributed by atoms with E-state index in [0.29, 0.717) is 19.2 Å². The van der Waals surface area contributed by atoms with Gasteiger partial charge in [-0.15, -0.1) is 0 Å². The number of rotatable bonds is 2. The largest absolute Gasteiger partial charge is 0.378 e. The van der Waals surface area contributed by atoms with Crippen LogP contribution in [-0.2, 0) is 9.53 Å². The van der Waals surface area contributed by atoms with E-state index in [1.165, 1.54) is 13.3 Å². The summed E-state index contributed by atoms with van der Waals surface area (Å²) in [6, 6.07) is 0. The Balaban J connectivity index is 2.11. The summed E-state index contributed by atoms with van der Waals surface area (Å²) in [5.74, 6) is 0.658. The van der Waals surface area contributed by atoms with E-state index < -0.39 is 0 Å². The Morgan fingerprint density at radius 1 is 1.44 bits per heavy atom. The summed E-state index contributed by atoms with van der Waals surface area (Å²) >= 11 is 0. The van der Waals surface area contributed by atoms with Gasteiger partial charge < -0.3 is 9.64 Å². The highest BCUT2D eigenvalue weighted by molar-refractivity contribution is 5.86. The molecule has 1 saturated heterocycles. The molecule has 1 aliphatic heterocycles. The minimum absolute atomic E-state index is 0.195. The summed E-state index contributed by atoms with van der Waals surface area (Å²) in [6.07, 6.45) is 1.39. The maximum absolute atomic E-state index is 10.9. The van der Waals surface area contributed by atoms with Gasteiger partial charge in [0.25, 0.3) is 0 Å². The summed E-state index contributed by atoms with van der Waals surface area (Å²) in [5, 5.41) is 2.53. The Morgan fingerprint density at radius 3 is 2.88 bits per heavy atom. The second-order valence-electron chi connectivity index (χ2n) is 3.39. The number of nitrogens with zero attached hydrogens (tertiary/aromatic N) is 4. The van der Waals surface area contributed by atoms with Crippen molar-refractivity contribution in [2.75, 3.05) is 36.5 Å². The van der Waals surface area contributed by atoms with Gasteiger partial charge in [0.1, 0.15) is 6.33 Å². The molecule has 7 nitrogen and oxygen atoms in total. The summed E-state index contributed by atoms with van der Waals surface area (Å²) in [5.41, 5.74) is 0. The Hall–Kier alpha value is -1.76. The molecule has 2 rings (SSSR count). The van der Waals surface area contributed by atoms with E-state index in [0.717, 1.165) is 13.1 Å². The van der Waals surface area contributed by atoms with Crippen molar-refractivity contribution in [2.24, 2.45) is 0 Å². The molecule has 1 amide bonds. The van der Waals surface area contributed by atoms with Gasteiger partial charge in [0.2, 0.25) is 17.8 Å². The molecule has 0 radical (unpaired) electrons. The second kappa shape index (κ2) is 4.84. The van der Waals surface area contributed by atoms with Crippen molar-refractivity contribution < 1.29 is 9.53 Å². The van der Waals surface area contributed by atoms with Crippen molar-refractivity contribution in [1.29, 1.82) is 0 Å². The van der Waals surface area contributed by atoms with Gasteiger partial charge in [-0.25, -0.2) is 9.97 Å². The molecule has 0 saturated carbocycles. The summed E-state index contributed by atoms with van der Waals surface area (Å²) < 4.78 is 5.23. The normalized spacial score (nSPS) is 15.9. The van der Waals surface area contributed by atoms with E-state index in [4.69, 9.17) is 4.74 Å². The van der Waals surface area contributed by atoms with Crippen LogP contribution in [0.2, 0.25) is 0 Å². The smallest absolute Gasteiger partial charge is 0.234 e. The van der Waals surface area contributed by atoms with Crippen LogP contribution in [0, 0.1) is 0 Å². The average molecular weight is 223 g/mol. The Morgan fingerprint density at radius 2 is 2.19 bits per heavy atom. The first-order valence-corrected chi connectivity index (χ1v) is 5.05. The highest BCUT2D eigenvalue weighted by atomic mass is 16.5. The highest BCUT2D eigenvalue weighted by Gasteiger charge is 2.14. The van der Waals surface area contributed by atoms with Gasteiger partial charge in [-0.1, -0.05) is 0 Å². The van der Waals surface area contributed by atoms with Gasteiger partial charge >= 0.3 is 0 Å². The highest BCUT2D eigenvalue weighted by Crippen LogP contribution is 2.10. The van der Waals surface area contributed by atoms with Crippen LogP contribution < -0.4 is 10.2 Å². The fourth-order valence-electron chi connectivity index (χ4n) is 1.42. The van der Waals surface area contributed by atoms with Crippen LogP contribution in [0.25, 0.3) is 0 Å². The standard InChI is InChI=1S/C9H13N5O2/c1-7(15)12-8-10-6-11-9(13-8)14-2-4-16-5-3-14/h6H,2-5H2,1H3,(H,10,11,12,13,15). The number of morpholine rings is 1. The molecule has 0 bridgehead atoms. The number of carbonyl (C=O) groups excluding carboxylic acids is 1. The lowest BCUT2D eigenvalue weighted by molar-refractivity contribution is -0.114. The molecule has 7 heteroatoms. The SMILES string of the molecule is CC(=O)Nc1ncnc(N2CCOCC2)n1. The molecule has 1 aromatic rings. The summed E-state index contributed by atoms with van der Waals surface area (Å²) in [4.78, 5) is 24.9. The summed E-state index contributed by atoms with van der Waals surface area (Å²) in [6.45, 7) is 4.26. The number of aromatic nitrogens is 3. The second-order valence-corrected chi connectivity index (χ2v) is 3.39. The van der Waals surface area contributed by atoms with Crippen molar-refractivity contribution in [2.45, 2.75) is 6.92 Å². The lowest BCUT2D eigenvalue weighted by Gasteiger charge is -2.26. The Kier molecular flexibility index (Phi) is 3.25. The van der Waals surface area contributed by atoms with Crippen molar-refractivity contribution in [3.8, 4) is 0 Å². The van der Waals surface area contributed by atoms with Crippen LogP contribution >= 0.6 is 0 Å². The first-order chi connectivity index (χ1) is 7.75. The van der Waals surface area contributed by atoms with Gasteiger partial charge in [0.15, 0.2) is 0 Å². The quantitative estimate of drug-likeness (QED) is 0.739. The molecular formula is C9H13N5O2. The maximum Gasteiger partial charge on any atom is 0.234 e. The molecule has 0 atom stereocenters. The van der Waals surface area contributed by atoms with Crippen LogP contribution in [-0.4, -0.2) is 47.2 Å². The zero-order valence-corrected chi connectivity index (χ0v) is 9.01. The fourth-order valence-corrected chi connectivity index (χ4v) is 1.42. The predicted octanol–water partition coefficient (Wildman–Crippen LogP) is -0.333. The van der Waals surface area contributed by atoms with Crippen LogP contribution in [0.3, 0.4) is 0 Å². The van der Waals surface area contributed by atoms with Crippen LogP contribution in [0.4, 0.5) is 11.9 Å². The van der Waals surface area contributed by atoms with Crippen LogP contribution in [0.15, 0.2) is 6.33 Å². The zero-order chi connectivity index (χ0) is 11.4. The third kappa shape index (κ3) is 2.63. The number of hydrogen-bond acceptors (Lipinski definition) is 6. The van der Waals surface area contributed by atoms with Crippen molar-refractivity contribution in [3.05, 3.63) is 6.33 Å². The van der Waals surface area contributed by atoms with Gasteiger partial charge in [-0.2, -0.15) is 4.98 Å². The number of hydrogen-bond donors (Lipinski definition) is 1. The Bertz CT molecular complexity index is 378. The molecular weight excluding hydrogens is 210 g/mol. The van der Waals surface area contributed by atoms with Crippen LogP contribution in [0.5, 0.6) is 0 Å². The van der Waals surface area contributed by atoms with Crippen molar-refractivity contribution >= 4 is 17.8 Å². The minimum Gasteiger partial charge on any atom is -0.378 e. The van der Waals surface area contributed by atoms with E-state index in [2.05, 4.69) is 20.3 Å². The van der Waals surface area contributed by atoms with Gasteiger partial charge in [0, 0.05) is 20.0 Å². The molecule has 1 N–H and O–H groups in total. The first-order valence-electron chi connectivity index (χ1n) is 5.05. The molecule has 16 heavy (non-hydrogen) atoms. The Labute approximate surface area is 92.9 Å². The minimum atomic E-state index is -0.195. The van der Waals surface area contributed by atoms with E-state index in [1.54, 1.807) is 0 Å². The number of nitrogens with one attached hydrogen (secondary N) is 1. The maximum atomic E-state index is 10.9. The summed E-state index contributed by atoms with van der Waals surface area (Å²) in [7, 11) is 0. The van der Waals surface area contributed by atoms with E-state index in [9.17, 15) is 4.79 Å². The number of carbonyl (C=O) groups is 1. The zero-order valence-electron chi connectivity index (χ0n) is 9.01. The predicted molar refractivity (Wildman–Crippen MR) is 57.2 cm³/mol. The molecule has 0 aliphatic carbocycles. The third-order valence-electron chi connectivity index (χ3n) is 2.14. The molecule has 2 heterocycles.